The molecule has 6 aliphatic rings. The first kappa shape index (κ1) is 39.2. The third-order valence-electron chi connectivity index (χ3n) is 15.9. The van der Waals surface area contributed by atoms with Crippen LogP contribution in [0.3, 0.4) is 0 Å². The van der Waals surface area contributed by atoms with E-state index in [4.69, 9.17) is 14.2 Å². The van der Waals surface area contributed by atoms with E-state index < -0.39 is 45.9 Å². The number of fused-ring (bicyclic) bond motifs is 7. The van der Waals surface area contributed by atoms with Crippen LogP contribution in [0.25, 0.3) is 10.9 Å². The van der Waals surface area contributed by atoms with E-state index in [1.165, 1.54) is 14.2 Å². The van der Waals surface area contributed by atoms with Crippen molar-refractivity contribution >= 4 is 34.8 Å². The molecule has 3 fully saturated rings. The summed E-state index contributed by atoms with van der Waals surface area (Å²) in [5.74, 6) is -1.24. The van der Waals surface area contributed by atoms with Crippen LogP contribution in [0.4, 0.5) is 5.69 Å². The van der Waals surface area contributed by atoms with Gasteiger partial charge in [0.1, 0.15) is 23.6 Å². The molecule has 2 aromatic carbocycles. The first-order chi connectivity index (χ1) is 27.9. The van der Waals surface area contributed by atoms with Crippen molar-refractivity contribution in [1.29, 1.82) is 0 Å². The Morgan fingerprint density at radius 1 is 1.02 bits per heavy atom. The Balaban J connectivity index is 1.32. The summed E-state index contributed by atoms with van der Waals surface area (Å²) in [6.45, 7) is 7.75. The maximum absolute atomic E-state index is 15.2. The van der Waals surface area contributed by atoms with Crippen LogP contribution in [-0.2, 0) is 35.7 Å². The van der Waals surface area contributed by atoms with Crippen molar-refractivity contribution in [2.45, 2.75) is 87.5 Å². The third kappa shape index (κ3) is 5.10. The van der Waals surface area contributed by atoms with E-state index in [2.05, 4.69) is 46.0 Å². The molecule has 1 aliphatic carbocycles. The highest BCUT2D eigenvalue weighted by Crippen LogP contribution is 2.63. The number of rotatable bonds is 7. The summed E-state index contributed by atoms with van der Waals surface area (Å²) in [6, 6.07) is 11.3. The van der Waals surface area contributed by atoms with E-state index in [1.807, 2.05) is 43.1 Å². The molecule has 1 saturated carbocycles. The van der Waals surface area contributed by atoms with Crippen molar-refractivity contribution in [3.8, 4) is 5.75 Å². The Hall–Kier alpha value is -4.23. The number of aldehydes is 1. The minimum Gasteiger partial charge on any atom is -0.496 e. The highest BCUT2D eigenvalue weighted by Gasteiger charge is 2.73. The highest BCUT2D eigenvalue weighted by atomic mass is 16.5. The number of ether oxygens (including phenoxy) is 3. The summed E-state index contributed by atoms with van der Waals surface area (Å²) in [7, 11) is 6.20. The molecule has 0 amide bonds. The van der Waals surface area contributed by atoms with Crippen molar-refractivity contribution in [3.63, 3.8) is 0 Å². The molecule has 3 aromatic rings. The van der Waals surface area contributed by atoms with Crippen LogP contribution in [0.5, 0.6) is 5.75 Å². The predicted molar refractivity (Wildman–Crippen MR) is 219 cm³/mol. The number of aromatic nitrogens is 1. The number of carbonyl (C=O) groups excluding carboxylic acids is 3. The molecule has 2 bridgehead atoms. The number of nitrogens with one attached hydrogen (secondary N) is 1. The fourth-order valence-electron chi connectivity index (χ4n) is 13.3. The number of hydrogen-bond acceptors (Lipinski definition) is 11. The molecule has 6 heterocycles. The van der Waals surface area contributed by atoms with Crippen LogP contribution in [-0.4, -0.2) is 128 Å². The van der Waals surface area contributed by atoms with Crippen molar-refractivity contribution in [1.82, 2.24) is 14.8 Å². The SMILES string of the molecule is CCC1(C=O)CC2CN(CCc3c([nH]c4ccccc34)C(C(=O)OC)(c3cc4c(cc3OC)N(C)C3C5C4CCN4CC=CC(CC)(C54)C(O)C3(O)C(=O)OC)C2)C1. The average molecular weight is 795 g/mol. The number of aliphatic hydroxyl groups excluding tert-OH is 1. The van der Waals surface area contributed by atoms with Gasteiger partial charge in [-0.1, -0.05) is 44.2 Å². The van der Waals surface area contributed by atoms with Crippen LogP contribution >= 0.6 is 0 Å². The van der Waals surface area contributed by atoms with Gasteiger partial charge in [0.05, 0.1) is 27.4 Å². The molecular weight excluding hydrogens is 737 g/mol. The maximum atomic E-state index is 15.2. The van der Waals surface area contributed by atoms with E-state index in [9.17, 15) is 19.8 Å². The Morgan fingerprint density at radius 2 is 1.79 bits per heavy atom. The Bertz CT molecular complexity index is 2190. The molecule has 12 nitrogen and oxygen atoms in total. The number of likely N-dealkylation sites (N-methyl/N-ethyl adjacent to an activating group) is 1. The lowest BCUT2D eigenvalue weighted by molar-refractivity contribution is -0.230. The summed E-state index contributed by atoms with van der Waals surface area (Å²) in [4.78, 5) is 52.6. The fraction of sp³-hybridized carbons (Fsp3) is 0.587. The van der Waals surface area contributed by atoms with Gasteiger partial charge >= 0.3 is 11.9 Å². The number of esters is 2. The van der Waals surface area contributed by atoms with Crippen LogP contribution in [0.1, 0.15) is 74.3 Å². The van der Waals surface area contributed by atoms with Crippen LogP contribution in [0, 0.1) is 22.7 Å². The van der Waals surface area contributed by atoms with E-state index >= 15 is 4.79 Å². The number of anilines is 1. The zero-order chi connectivity index (χ0) is 40.9. The summed E-state index contributed by atoms with van der Waals surface area (Å²) in [6.07, 6.45) is 7.48. The van der Waals surface area contributed by atoms with E-state index in [0.29, 0.717) is 56.5 Å². The number of nitrogens with zero attached hydrogens (tertiary/aromatic N) is 3. The first-order valence-corrected chi connectivity index (χ1v) is 21.1. The largest absolute Gasteiger partial charge is 0.496 e. The quantitative estimate of drug-likeness (QED) is 0.179. The minimum absolute atomic E-state index is 0.0273. The maximum Gasteiger partial charge on any atom is 0.342 e. The molecule has 12 heteroatoms. The van der Waals surface area contributed by atoms with Gasteiger partial charge in [0.2, 0.25) is 5.60 Å². The molecule has 1 aromatic heterocycles. The van der Waals surface area contributed by atoms with Gasteiger partial charge in [-0.15, -0.1) is 0 Å². The van der Waals surface area contributed by atoms with Gasteiger partial charge < -0.3 is 44.0 Å². The van der Waals surface area contributed by atoms with Gasteiger partial charge in [0, 0.05) is 89.9 Å². The normalized spacial score (nSPS) is 37.7. The van der Waals surface area contributed by atoms with Gasteiger partial charge in [-0.25, -0.2) is 4.79 Å². The molecule has 11 unspecified atom stereocenters. The van der Waals surface area contributed by atoms with Crippen molar-refractivity contribution in [2.75, 3.05) is 66.0 Å². The smallest absolute Gasteiger partial charge is 0.342 e. The Labute approximate surface area is 340 Å². The highest BCUT2D eigenvalue weighted by molar-refractivity contribution is 5.94. The van der Waals surface area contributed by atoms with Gasteiger partial charge in [0.15, 0.2) is 0 Å². The van der Waals surface area contributed by atoms with Gasteiger partial charge in [-0.3, -0.25) is 9.69 Å². The molecule has 0 radical (unpaired) electrons. The van der Waals surface area contributed by atoms with E-state index in [0.717, 1.165) is 65.8 Å². The summed E-state index contributed by atoms with van der Waals surface area (Å²) >= 11 is 0. The topological polar surface area (TPSA) is 145 Å². The Morgan fingerprint density at radius 3 is 2.50 bits per heavy atom. The summed E-state index contributed by atoms with van der Waals surface area (Å²) in [5, 5.41) is 26.2. The molecule has 3 N–H and O–H groups in total. The van der Waals surface area contributed by atoms with Gasteiger partial charge in [-0.05, 0) is 80.2 Å². The lowest BCUT2D eigenvalue weighted by atomic mass is 9.48. The van der Waals surface area contributed by atoms with Crippen molar-refractivity contribution < 1.29 is 38.8 Å². The average Bonchev–Trinajstić information content (AvgIpc) is 3.65. The number of hydrogen-bond donors (Lipinski definition) is 3. The fourth-order valence-corrected chi connectivity index (χ4v) is 13.3. The number of piperidine rings is 2. The second-order valence-electron chi connectivity index (χ2n) is 18.2. The van der Waals surface area contributed by atoms with Crippen molar-refractivity contribution in [2.24, 2.45) is 22.7 Å². The zero-order valence-electron chi connectivity index (χ0n) is 34.6. The van der Waals surface area contributed by atoms with E-state index in [1.54, 1.807) is 7.11 Å². The molecule has 5 aliphatic heterocycles. The monoisotopic (exact) mass is 794 g/mol. The Kier molecular flexibility index (Phi) is 9.42. The third-order valence-corrected chi connectivity index (χ3v) is 15.9. The molecule has 2 saturated heterocycles. The van der Waals surface area contributed by atoms with Gasteiger partial charge in [0.25, 0.3) is 0 Å². The number of aliphatic hydroxyl groups is 2. The zero-order valence-corrected chi connectivity index (χ0v) is 34.6. The number of carbonyl (C=O) groups is 3. The first-order valence-electron chi connectivity index (χ1n) is 21.1. The van der Waals surface area contributed by atoms with Crippen LogP contribution in [0.2, 0.25) is 0 Å². The van der Waals surface area contributed by atoms with E-state index in [-0.39, 0.29) is 23.8 Å². The van der Waals surface area contributed by atoms with Crippen molar-refractivity contribution in [3.05, 3.63) is 70.9 Å². The summed E-state index contributed by atoms with van der Waals surface area (Å²) in [5.41, 5.74) is 0.218. The lowest BCUT2D eigenvalue weighted by Crippen LogP contribution is -2.81. The molecular formula is C46H58N4O8. The number of para-hydroxylation sites is 1. The number of aromatic amines is 1. The lowest BCUT2D eigenvalue weighted by Gasteiger charge is -2.68. The number of methoxy groups -OCH3 is 3. The standard InChI is InChI=1S/C46H58N4O8/c1-7-43(26-51)22-27-23-45(41(53)57-5,37-30(14-18-49(24-27)25-43)28-12-9-10-13-33(28)47-37)32-20-31-29-15-19-50-17-11-16-44(8-2)38(50)36(29)39(46(55,40(44)52)42(54)58-6)48(3)34(31)21-35(32)56-4/h9-13,16,20-21,26-27,29,36,38-40,47,52,55H,7-8,14-15,17-19,22-25H2,1-6H3. The number of benzene rings is 2. The molecule has 9 rings (SSSR count). The molecule has 310 valence electrons. The molecule has 0 spiro atoms. The molecule has 58 heavy (non-hydrogen) atoms. The second kappa shape index (κ2) is 13.9. The summed E-state index contributed by atoms with van der Waals surface area (Å²) < 4.78 is 17.6. The predicted octanol–water partition coefficient (Wildman–Crippen LogP) is 4.34. The van der Waals surface area contributed by atoms with Crippen LogP contribution < -0.4 is 9.64 Å². The van der Waals surface area contributed by atoms with Crippen LogP contribution in [0.15, 0.2) is 48.6 Å². The number of H-pyrrole nitrogens is 1. The second-order valence-corrected chi connectivity index (χ2v) is 18.2. The minimum atomic E-state index is -2.24. The molecule has 11 atom stereocenters. The van der Waals surface area contributed by atoms with Gasteiger partial charge in [-0.2, -0.15) is 0 Å².